The molecule has 13 N–H and O–H groups in total. The van der Waals surface area contributed by atoms with Crippen LogP contribution in [0.5, 0.6) is 0 Å². The maximum Gasteiger partial charge on any atom is 0.322 e. The Balaban J connectivity index is -0.0000000708. The summed E-state index contributed by atoms with van der Waals surface area (Å²) in [5, 5.41) is 8.42. The van der Waals surface area contributed by atoms with Gasteiger partial charge in [-0.3, -0.25) is 18.3 Å². The van der Waals surface area contributed by atoms with Gasteiger partial charge in [0.2, 0.25) is 0 Å². The molecule has 0 saturated heterocycles. The van der Waals surface area contributed by atoms with E-state index in [1.54, 1.807) is 0 Å². The lowest BCUT2D eigenvalue weighted by Crippen LogP contribution is -2.27. The second kappa shape index (κ2) is 17.6. The highest BCUT2D eigenvalue weighted by atomic mass is 31.2. The fourth-order valence-electron chi connectivity index (χ4n) is 0.0962. The lowest BCUT2D eigenvalue weighted by atomic mass is 10.4. The van der Waals surface area contributed by atoms with Crippen LogP contribution in [-0.2, 0) is 18.3 Å². The maximum absolute atomic E-state index is 9.33. The van der Waals surface area contributed by atoms with E-state index in [0.717, 1.165) is 26.7 Å². The van der Waals surface area contributed by atoms with Crippen LogP contribution in [0.4, 0.5) is 0 Å². The monoisotopic (exact) mass is 474 g/mol. The van der Waals surface area contributed by atoms with Gasteiger partial charge in [0.15, 0.2) is 0 Å². The maximum atomic E-state index is 9.33. The van der Waals surface area contributed by atoms with Crippen molar-refractivity contribution in [3.05, 3.63) is 0 Å². The van der Waals surface area contributed by atoms with Crippen LogP contribution in [0.3, 0.4) is 0 Å². The first-order chi connectivity index (χ1) is 10.8. The van der Waals surface area contributed by atoms with Gasteiger partial charge in [-0.2, -0.15) is 0 Å². The van der Waals surface area contributed by atoms with E-state index in [-0.39, 0.29) is 13.1 Å². The van der Waals surface area contributed by atoms with E-state index >= 15 is 0 Å². The van der Waals surface area contributed by atoms with E-state index in [9.17, 15) is 18.3 Å². The molecule has 0 aromatic heterocycles. The third kappa shape index (κ3) is 672. The van der Waals surface area contributed by atoms with Crippen molar-refractivity contribution in [2.24, 2.45) is 11.5 Å². The van der Waals surface area contributed by atoms with Gasteiger partial charge in [-0.05, 0) is 0 Å². The van der Waals surface area contributed by atoms with Gasteiger partial charge in [-0.1, -0.05) is 0 Å². The fraction of sp³-hybridized carbons (Fsp3) is 1.00. The number of hydrogen-bond donors (Lipinski definition) is 11. The topological polar surface area (TPSA) is 302 Å². The summed E-state index contributed by atoms with van der Waals surface area (Å²) in [5.41, 5.74) is 9.91. The minimum atomic E-state index is -3.64. The molecule has 0 fully saturated rings. The molecule has 166 valence electrons. The van der Waals surface area contributed by atoms with Crippen molar-refractivity contribution in [2.75, 3.05) is 39.7 Å². The molecule has 0 amide bonds. The Morgan fingerprint density at radius 2 is 0.654 bits per heavy atom. The Morgan fingerprint density at radius 3 is 0.654 bits per heavy atom. The molecule has 0 heterocycles. The van der Waals surface area contributed by atoms with Gasteiger partial charge in [0.25, 0.3) is 0 Å². The molecule has 19 heteroatoms. The molecular weight excluding hydrogens is 444 g/mol. The lowest BCUT2D eigenvalue weighted by molar-refractivity contribution is 0.191. The predicted octanol–water partition coefficient (Wildman–Crippen LogP) is -2.56. The Morgan fingerprint density at radius 1 is 0.577 bits per heavy atom. The van der Waals surface area contributed by atoms with E-state index in [1.165, 1.54) is 0 Å². The van der Waals surface area contributed by atoms with Gasteiger partial charge in [0, 0.05) is 39.7 Å². The van der Waals surface area contributed by atoms with Crippen LogP contribution >= 0.6 is 30.4 Å². The standard InChI is InChI=1S/C3H10N2O.4CH5O3P/c4-1-3(6)2-5;4*1-5(2,3)4/h3,6H,1-2,4-5H2;4*1H3,(H2,2,3,4). The highest BCUT2D eigenvalue weighted by Crippen LogP contribution is 2.27. The normalized spacial score (nSPS) is 11.4. The zero-order valence-electron chi connectivity index (χ0n) is 14.6. The average Bonchev–Trinajstić information content (AvgIpc) is 2.18. The van der Waals surface area contributed by atoms with Crippen LogP contribution < -0.4 is 11.5 Å². The van der Waals surface area contributed by atoms with Crippen LogP contribution in [-0.4, -0.2) is 90.1 Å². The number of aliphatic hydroxyl groups is 1. The van der Waals surface area contributed by atoms with Crippen molar-refractivity contribution >= 4 is 30.4 Å². The largest absolute Gasteiger partial charge is 0.390 e. The average molecular weight is 474 g/mol. The number of aliphatic hydroxyl groups excluding tert-OH is 1. The van der Waals surface area contributed by atoms with Crippen LogP contribution in [0.25, 0.3) is 0 Å². The first-order valence-corrected chi connectivity index (χ1v) is 14.2. The zero-order chi connectivity index (χ0) is 23.0. The van der Waals surface area contributed by atoms with Gasteiger partial charge in [0.05, 0.1) is 6.10 Å². The van der Waals surface area contributed by atoms with Crippen LogP contribution in [0, 0.1) is 0 Å². The van der Waals surface area contributed by atoms with Gasteiger partial charge in [-0.25, -0.2) is 0 Å². The van der Waals surface area contributed by atoms with Crippen LogP contribution in [0.15, 0.2) is 0 Å². The van der Waals surface area contributed by atoms with Crippen LogP contribution in [0.2, 0.25) is 0 Å². The van der Waals surface area contributed by atoms with Crippen LogP contribution in [0.1, 0.15) is 0 Å². The summed E-state index contributed by atoms with van der Waals surface area (Å²) in [6.07, 6.45) is -0.509. The molecule has 0 aromatic carbocycles. The minimum absolute atomic E-state index is 0.260. The van der Waals surface area contributed by atoms with Crippen molar-refractivity contribution in [2.45, 2.75) is 6.10 Å². The molecule has 0 aliphatic rings. The van der Waals surface area contributed by atoms with E-state index in [0.29, 0.717) is 0 Å². The summed E-state index contributed by atoms with van der Waals surface area (Å²) >= 11 is 0. The van der Waals surface area contributed by atoms with Gasteiger partial charge < -0.3 is 55.7 Å². The molecule has 0 spiro atoms. The smallest absolute Gasteiger partial charge is 0.322 e. The summed E-state index contributed by atoms with van der Waals surface area (Å²) in [4.78, 5) is 61.1. The number of hydrogen-bond acceptors (Lipinski definition) is 7. The fourth-order valence-corrected chi connectivity index (χ4v) is 0.0962. The molecule has 26 heavy (non-hydrogen) atoms. The Bertz CT molecular complexity index is 374. The number of rotatable bonds is 2. The second-order valence-corrected chi connectivity index (χ2v) is 11.1. The van der Waals surface area contributed by atoms with Crippen molar-refractivity contribution in [1.29, 1.82) is 0 Å². The second-order valence-electron chi connectivity index (χ2n) is 4.47. The van der Waals surface area contributed by atoms with E-state index in [2.05, 4.69) is 0 Å². The third-order valence-corrected chi connectivity index (χ3v) is 0.544. The molecular formula is C7H30N2O13P4. The Hall–Kier alpha value is 0.480. The SMILES string of the molecule is CP(=O)(O)O.CP(=O)(O)O.CP(=O)(O)O.CP(=O)(O)O.NCC(O)CN. The third-order valence-electron chi connectivity index (χ3n) is 0.544. The molecule has 0 aliphatic heterocycles. The summed E-state index contributed by atoms with van der Waals surface area (Å²) in [7, 11) is -14.6. The molecule has 0 atom stereocenters. The lowest BCUT2D eigenvalue weighted by Gasteiger charge is -1.98. The van der Waals surface area contributed by atoms with Crippen molar-refractivity contribution in [3.8, 4) is 0 Å². The summed E-state index contributed by atoms with van der Waals surface area (Å²) in [6, 6.07) is 0. The van der Waals surface area contributed by atoms with E-state index < -0.39 is 36.5 Å². The Kier molecular flexibility index (Phi) is 25.2. The van der Waals surface area contributed by atoms with E-state index in [1.807, 2.05) is 0 Å². The van der Waals surface area contributed by atoms with Gasteiger partial charge in [-0.15, -0.1) is 0 Å². The molecule has 0 rings (SSSR count). The molecule has 0 aliphatic carbocycles. The first kappa shape index (κ1) is 37.3. The molecule has 0 radical (unpaired) electrons. The first-order valence-electron chi connectivity index (χ1n) is 6.01. The molecule has 0 bridgehead atoms. The number of nitrogens with two attached hydrogens (primary N) is 2. The van der Waals surface area contributed by atoms with Crippen molar-refractivity contribution in [1.82, 2.24) is 0 Å². The Labute approximate surface area is 151 Å². The van der Waals surface area contributed by atoms with Crippen molar-refractivity contribution in [3.63, 3.8) is 0 Å². The predicted molar refractivity (Wildman–Crippen MR) is 96.0 cm³/mol. The summed E-state index contributed by atoms with van der Waals surface area (Å²) < 4.78 is 37.3. The highest BCUT2D eigenvalue weighted by Gasteiger charge is 1.97. The minimum Gasteiger partial charge on any atom is -0.390 e. The molecule has 0 saturated carbocycles. The summed E-state index contributed by atoms with van der Waals surface area (Å²) in [6.45, 7) is 3.94. The van der Waals surface area contributed by atoms with E-state index in [4.69, 9.17) is 55.7 Å². The molecule has 0 aromatic rings. The highest BCUT2D eigenvalue weighted by molar-refractivity contribution is 7.51. The summed E-state index contributed by atoms with van der Waals surface area (Å²) in [5.74, 6) is 0. The molecule has 15 nitrogen and oxygen atoms in total. The quantitative estimate of drug-likeness (QED) is 0.183. The zero-order valence-corrected chi connectivity index (χ0v) is 18.2. The molecule has 0 unspecified atom stereocenters. The van der Waals surface area contributed by atoms with Gasteiger partial charge >= 0.3 is 30.4 Å². The van der Waals surface area contributed by atoms with Gasteiger partial charge in [0.1, 0.15) is 0 Å². The van der Waals surface area contributed by atoms with Crippen molar-refractivity contribution < 1.29 is 62.5 Å².